The van der Waals surface area contributed by atoms with E-state index in [9.17, 15) is 19.5 Å². The van der Waals surface area contributed by atoms with Crippen LogP contribution in [0.4, 0.5) is 0 Å². The highest BCUT2D eigenvalue weighted by Crippen LogP contribution is 2.50. The Hall–Kier alpha value is -1.71. The van der Waals surface area contributed by atoms with Gasteiger partial charge in [0.2, 0.25) is 0 Å². The van der Waals surface area contributed by atoms with Crippen LogP contribution in [0.2, 0.25) is 0 Å². The third-order valence-electron chi connectivity index (χ3n) is 9.33. The fourth-order valence-corrected chi connectivity index (χ4v) is 5.95. The summed E-state index contributed by atoms with van der Waals surface area (Å²) in [7, 11) is 0. The van der Waals surface area contributed by atoms with Crippen molar-refractivity contribution in [2.45, 2.75) is 128 Å². The molecule has 2 saturated carbocycles. The van der Waals surface area contributed by atoms with E-state index in [0.717, 1.165) is 25.7 Å². The summed E-state index contributed by atoms with van der Waals surface area (Å²) in [5.74, 6) is -1.73. The van der Waals surface area contributed by atoms with E-state index in [1.54, 1.807) is 13.8 Å². The summed E-state index contributed by atoms with van der Waals surface area (Å²) in [6, 6.07) is 0. The molecule has 1 N–H and O–H groups in total. The van der Waals surface area contributed by atoms with Gasteiger partial charge in [-0.15, -0.1) is 0 Å². The highest BCUT2D eigenvalue weighted by molar-refractivity contribution is 5.74. The number of carbonyl (C=O) groups is 3. The minimum atomic E-state index is -0.895. The van der Waals surface area contributed by atoms with Crippen LogP contribution in [0.15, 0.2) is 0 Å². The molecule has 7 unspecified atom stereocenters. The number of aliphatic hydroxyl groups is 1. The van der Waals surface area contributed by atoms with Crippen LogP contribution < -0.4 is 0 Å². The molecule has 7 atom stereocenters. The standard InChI is InChI=1S/C30H48O9/c1-7-19(8-11-27(2,3)34)24(31)35-16-28(4,17-36-25(32)20-9-12-29(5)22(14-20)38-29)18-37-26(33)21-10-13-30(6)23(15-21)39-30/h19-23,34H,7-18H2,1-6H3. The molecular weight excluding hydrogens is 504 g/mol. The Labute approximate surface area is 232 Å². The van der Waals surface area contributed by atoms with E-state index in [4.69, 9.17) is 23.7 Å². The van der Waals surface area contributed by atoms with E-state index in [2.05, 4.69) is 13.8 Å². The molecule has 9 nitrogen and oxygen atoms in total. The molecule has 4 fully saturated rings. The second-order valence-corrected chi connectivity index (χ2v) is 13.9. The van der Waals surface area contributed by atoms with Gasteiger partial charge in [0.1, 0.15) is 19.8 Å². The van der Waals surface area contributed by atoms with Gasteiger partial charge >= 0.3 is 17.9 Å². The summed E-state index contributed by atoms with van der Waals surface area (Å²) < 4.78 is 28.6. The zero-order valence-electron chi connectivity index (χ0n) is 24.6. The predicted molar refractivity (Wildman–Crippen MR) is 142 cm³/mol. The Morgan fingerprint density at radius 2 is 1.33 bits per heavy atom. The number of fused-ring (bicyclic) bond motifs is 2. The quantitative estimate of drug-likeness (QED) is 0.204. The molecule has 222 valence electrons. The average Bonchev–Trinajstić information content (AvgIpc) is 3.76. The molecule has 0 aromatic rings. The highest BCUT2D eigenvalue weighted by Gasteiger charge is 2.57. The van der Waals surface area contributed by atoms with E-state index in [-0.39, 0.29) is 78.9 Å². The van der Waals surface area contributed by atoms with E-state index < -0.39 is 11.0 Å². The third-order valence-corrected chi connectivity index (χ3v) is 9.33. The minimum Gasteiger partial charge on any atom is -0.465 e. The largest absolute Gasteiger partial charge is 0.465 e. The summed E-state index contributed by atoms with van der Waals surface area (Å²) in [6.45, 7) is 11.2. The fraction of sp³-hybridized carbons (Fsp3) is 0.900. The van der Waals surface area contributed by atoms with Gasteiger partial charge < -0.3 is 28.8 Å². The van der Waals surface area contributed by atoms with Crippen molar-refractivity contribution in [2.75, 3.05) is 19.8 Å². The van der Waals surface area contributed by atoms with E-state index in [1.807, 2.05) is 13.8 Å². The molecule has 9 heteroatoms. The van der Waals surface area contributed by atoms with Crippen LogP contribution in [-0.4, -0.2) is 71.8 Å². The topological polar surface area (TPSA) is 124 Å². The zero-order chi connectivity index (χ0) is 28.6. The minimum absolute atomic E-state index is 0.0272. The van der Waals surface area contributed by atoms with Gasteiger partial charge in [-0.05, 0) is 92.4 Å². The molecule has 2 saturated heterocycles. The summed E-state index contributed by atoms with van der Waals surface area (Å²) in [5.41, 5.74) is -1.93. The molecule has 0 radical (unpaired) electrons. The molecule has 4 rings (SSSR count). The van der Waals surface area contributed by atoms with Crippen molar-refractivity contribution in [3.8, 4) is 0 Å². The van der Waals surface area contributed by atoms with Crippen molar-refractivity contribution in [3.05, 3.63) is 0 Å². The first-order valence-electron chi connectivity index (χ1n) is 14.7. The maximum atomic E-state index is 12.9. The summed E-state index contributed by atoms with van der Waals surface area (Å²) in [5, 5.41) is 10.1. The molecule has 2 aliphatic heterocycles. The molecule has 0 spiro atoms. The van der Waals surface area contributed by atoms with E-state index in [0.29, 0.717) is 32.1 Å². The van der Waals surface area contributed by atoms with Gasteiger partial charge in [-0.3, -0.25) is 14.4 Å². The van der Waals surface area contributed by atoms with Crippen molar-refractivity contribution in [3.63, 3.8) is 0 Å². The number of esters is 3. The van der Waals surface area contributed by atoms with E-state index >= 15 is 0 Å². The number of carbonyl (C=O) groups excluding carboxylic acids is 3. The second-order valence-electron chi connectivity index (χ2n) is 13.9. The summed E-state index contributed by atoms with van der Waals surface area (Å²) in [4.78, 5) is 38.7. The fourth-order valence-electron chi connectivity index (χ4n) is 5.95. The Morgan fingerprint density at radius 3 is 1.74 bits per heavy atom. The number of epoxide rings is 2. The molecule has 0 amide bonds. The number of ether oxygens (including phenoxy) is 5. The second kappa shape index (κ2) is 11.3. The summed E-state index contributed by atoms with van der Waals surface area (Å²) >= 11 is 0. The van der Waals surface area contributed by atoms with Gasteiger partial charge in [-0.25, -0.2) is 0 Å². The van der Waals surface area contributed by atoms with Crippen LogP contribution in [0.1, 0.15) is 99.3 Å². The smallest absolute Gasteiger partial charge is 0.309 e. The van der Waals surface area contributed by atoms with Crippen LogP contribution in [0.5, 0.6) is 0 Å². The van der Waals surface area contributed by atoms with Gasteiger partial charge in [0.25, 0.3) is 0 Å². The highest BCUT2D eigenvalue weighted by atomic mass is 16.6. The molecule has 4 aliphatic rings. The van der Waals surface area contributed by atoms with Crippen molar-refractivity contribution in [2.24, 2.45) is 23.2 Å². The predicted octanol–water partition coefficient (Wildman–Crippen LogP) is 4.11. The normalized spacial score (nSPS) is 35.5. The molecule has 2 heterocycles. The first-order chi connectivity index (χ1) is 18.2. The molecule has 39 heavy (non-hydrogen) atoms. The van der Waals surface area contributed by atoms with Crippen molar-refractivity contribution < 1.29 is 43.2 Å². The lowest BCUT2D eigenvalue weighted by Gasteiger charge is -2.31. The summed E-state index contributed by atoms with van der Waals surface area (Å²) in [6.07, 6.45) is 6.19. The van der Waals surface area contributed by atoms with Gasteiger partial charge in [-0.1, -0.05) is 6.92 Å². The van der Waals surface area contributed by atoms with Crippen LogP contribution in [0.3, 0.4) is 0 Å². The van der Waals surface area contributed by atoms with Crippen LogP contribution >= 0.6 is 0 Å². The molecule has 2 aliphatic carbocycles. The lowest BCUT2D eigenvalue weighted by molar-refractivity contribution is -0.166. The molecular formula is C30H48O9. The lowest BCUT2D eigenvalue weighted by atomic mass is 9.83. The molecule has 0 aromatic carbocycles. The van der Waals surface area contributed by atoms with Gasteiger partial charge in [0, 0.05) is 0 Å². The van der Waals surface area contributed by atoms with Crippen LogP contribution in [0, 0.1) is 23.2 Å². The van der Waals surface area contributed by atoms with Gasteiger partial charge in [0.05, 0.1) is 52.2 Å². The number of hydrogen-bond acceptors (Lipinski definition) is 9. The SMILES string of the molecule is CCC(CCC(C)(C)O)C(=O)OCC(C)(COC(=O)C1CCC2(C)OC2C1)COC(=O)C1CCC2(C)OC2C1. The van der Waals surface area contributed by atoms with Gasteiger partial charge in [0.15, 0.2) is 0 Å². The Balaban J connectivity index is 1.32. The van der Waals surface area contributed by atoms with Crippen LogP contribution in [0.25, 0.3) is 0 Å². The van der Waals surface area contributed by atoms with Crippen molar-refractivity contribution >= 4 is 17.9 Å². The van der Waals surface area contributed by atoms with Crippen molar-refractivity contribution in [1.29, 1.82) is 0 Å². The Bertz CT molecular complexity index is 876. The first-order valence-corrected chi connectivity index (χ1v) is 14.7. The average molecular weight is 553 g/mol. The first kappa shape index (κ1) is 30.3. The van der Waals surface area contributed by atoms with Crippen LogP contribution in [-0.2, 0) is 38.1 Å². The molecule has 0 bridgehead atoms. The monoisotopic (exact) mass is 552 g/mol. The number of rotatable bonds is 13. The lowest BCUT2D eigenvalue weighted by Crippen LogP contribution is -2.40. The van der Waals surface area contributed by atoms with E-state index in [1.165, 1.54) is 0 Å². The maximum Gasteiger partial charge on any atom is 0.309 e. The third kappa shape index (κ3) is 7.73. The number of hydrogen-bond donors (Lipinski definition) is 1. The Morgan fingerprint density at radius 1 is 0.872 bits per heavy atom. The Kier molecular flexibility index (Phi) is 8.75. The molecule has 0 aromatic heterocycles. The van der Waals surface area contributed by atoms with Gasteiger partial charge in [-0.2, -0.15) is 0 Å². The zero-order valence-corrected chi connectivity index (χ0v) is 24.6. The maximum absolute atomic E-state index is 12.9. The van der Waals surface area contributed by atoms with Crippen molar-refractivity contribution in [1.82, 2.24) is 0 Å².